The van der Waals surface area contributed by atoms with E-state index in [0.29, 0.717) is 5.92 Å². The molecule has 6 heteroatoms. The first-order valence-corrected chi connectivity index (χ1v) is 8.52. The molecule has 0 fully saturated rings. The van der Waals surface area contributed by atoms with Crippen LogP contribution in [0.1, 0.15) is 49.5 Å². The largest absolute Gasteiger partial charge is 0.478 e. The van der Waals surface area contributed by atoms with Crippen LogP contribution in [0.15, 0.2) is 23.1 Å². The maximum atomic E-state index is 12.4. The van der Waals surface area contributed by atoms with Crippen molar-refractivity contribution in [1.82, 2.24) is 4.72 Å². The minimum atomic E-state index is -3.71. The van der Waals surface area contributed by atoms with Gasteiger partial charge in [0.1, 0.15) is 0 Å². The molecule has 0 aliphatic heterocycles. The van der Waals surface area contributed by atoms with Crippen molar-refractivity contribution >= 4 is 16.0 Å². The van der Waals surface area contributed by atoms with Crippen molar-refractivity contribution in [3.05, 3.63) is 29.3 Å². The van der Waals surface area contributed by atoms with Gasteiger partial charge in [0.05, 0.1) is 10.5 Å². The number of carboxylic acid groups (broad SMARTS) is 1. The Hall–Kier alpha value is -1.40. The summed E-state index contributed by atoms with van der Waals surface area (Å²) in [6.07, 6.45) is 1.73. The maximum absolute atomic E-state index is 12.4. The quantitative estimate of drug-likeness (QED) is 0.811. The minimum Gasteiger partial charge on any atom is -0.478 e. The molecular weight excluding hydrogens is 290 g/mol. The number of sulfonamides is 1. The molecular formula is C15H23NO4S. The number of carboxylic acids is 1. The Balaban J connectivity index is 3.04. The average molecular weight is 313 g/mol. The molecule has 1 aromatic rings. The Labute approximate surface area is 126 Å². The molecule has 0 aromatic heterocycles. The summed E-state index contributed by atoms with van der Waals surface area (Å²) in [4.78, 5) is 11.1. The summed E-state index contributed by atoms with van der Waals surface area (Å²) in [6.45, 7) is 7.46. The Morgan fingerprint density at radius 3 is 2.48 bits per heavy atom. The molecule has 118 valence electrons. The van der Waals surface area contributed by atoms with Crippen LogP contribution < -0.4 is 4.72 Å². The number of hydrogen-bond donors (Lipinski definition) is 2. The van der Waals surface area contributed by atoms with Gasteiger partial charge < -0.3 is 5.11 Å². The van der Waals surface area contributed by atoms with Crippen molar-refractivity contribution in [3.63, 3.8) is 0 Å². The fraction of sp³-hybridized carbons (Fsp3) is 0.533. The van der Waals surface area contributed by atoms with Gasteiger partial charge in [0.2, 0.25) is 10.0 Å². The van der Waals surface area contributed by atoms with Crippen LogP contribution in [0.3, 0.4) is 0 Å². The molecule has 0 bridgehead atoms. The van der Waals surface area contributed by atoms with E-state index >= 15 is 0 Å². The molecule has 2 N–H and O–H groups in total. The molecule has 2 unspecified atom stereocenters. The SMILES string of the molecule is CCC(C)CC(C)NS(=O)(=O)c1cccc(C(=O)O)c1C. The standard InChI is InChI=1S/C15H23NO4S/c1-5-10(2)9-11(3)16-21(19,20)14-8-6-7-13(12(14)4)15(17)18/h6-8,10-11,16H,5,9H2,1-4H3,(H,17,18). The average Bonchev–Trinajstić information content (AvgIpc) is 2.37. The molecule has 0 spiro atoms. The fourth-order valence-corrected chi connectivity index (χ4v) is 3.81. The second-order valence-electron chi connectivity index (χ2n) is 5.51. The zero-order valence-corrected chi connectivity index (χ0v) is 13.7. The lowest BCUT2D eigenvalue weighted by Gasteiger charge is -2.18. The highest BCUT2D eigenvalue weighted by Crippen LogP contribution is 2.20. The maximum Gasteiger partial charge on any atom is 0.335 e. The third-order valence-corrected chi connectivity index (χ3v) is 5.35. The van der Waals surface area contributed by atoms with Gasteiger partial charge in [0.25, 0.3) is 0 Å². The van der Waals surface area contributed by atoms with E-state index < -0.39 is 16.0 Å². The second-order valence-corrected chi connectivity index (χ2v) is 7.19. The summed E-state index contributed by atoms with van der Waals surface area (Å²) in [7, 11) is -3.71. The number of hydrogen-bond acceptors (Lipinski definition) is 3. The van der Waals surface area contributed by atoms with Gasteiger partial charge in [-0.05, 0) is 43.9 Å². The molecule has 0 amide bonds. The van der Waals surface area contributed by atoms with Gasteiger partial charge in [-0.1, -0.05) is 26.3 Å². The van der Waals surface area contributed by atoms with Gasteiger partial charge in [-0.3, -0.25) is 0 Å². The van der Waals surface area contributed by atoms with Crippen LogP contribution >= 0.6 is 0 Å². The molecule has 1 rings (SSSR count). The van der Waals surface area contributed by atoms with Gasteiger partial charge in [-0.2, -0.15) is 0 Å². The lowest BCUT2D eigenvalue weighted by atomic mass is 10.0. The minimum absolute atomic E-state index is 0.00690. The number of nitrogens with one attached hydrogen (secondary N) is 1. The highest BCUT2D eigenvalue weighted by Gasteiger charge is 2.22. The summed E-state index contributed by atoms with van der Waals surface area (Å²) in [5.41, 5.74) is 0.265. The van der Waals surface area contributed by atoms with Gasteiger partial charge >= 0.3 is 5.97 Å². The van der Waals surface area contributed by atoms with Crippen molar-refractivity contribution in [3.8, 4) is 0 Å². The van der Waals surface area contributed by atoms with E-state index in [0.717, 1.165) is 12.8 Å². The summed E-state index contributed by atoms with van der Waals surface area (Å²) in [6, 6.07) is 4.08. The normalized spacial score (nSPS) is 14.7. The van der Waals surface area contributed by atoms with Gasteiger partial charge in [0.15, 0.2) is 0 Å². The summed E-state index contributed by atoms with van der Waals surface area (Å²) in [5, 5.41) is 9.07. The van der Waals surface area contributed by atoms with Gasteiger partial charge in [-0.25, -0.2) is 17.9 Å². The van der Waals surface area contributed by atoms with Crippen LogP contribution in [0.25, 0.3) is 0 Å². The first kappa shape index (κ1) is 17.7. The van der Waals surface area contributed by atoms with Crippen LogP contribution in [0.2, 0.25) is 0 Å². The van der Waals surface area contributed by atoms with Crippen LogP contribution in [0.5, 0.6) is 0 Å². The Morgan fingerprint density at radius 2 is 1.95 bits per heavy atom. The summed E-state index contributed by atoms with van der Waals surface area (Å²) in [5.74, 6) is -0.702. The monoisotopic (exact) mass is 313 g/mol. The fourth-order valence-electron chi connectivity index (χ4n) is 2.28. The highest BCUT2D eigenvalue weighted by atomic mass is 32.2. The van der Waals surface area contributed by atoms with Crippen molar-refractivity contribution < 1.29 is 18.3 Å². The van der Waals surface area contributed by atoms with Gasteiger partial charge in [-0.15, -0.1) is 0 Å². The second kappa shape index (κ2) is 7.04. The molecule has 0 saturated heterocycles. The zero-order valence-electron chi connectivity index (χ0n) is 12.9. The Morgan fingerprint density at radius 1 is 1.33 bits per heavy atom. The highest BCUT2D eigenvalue weighted by molar-refractivity contribution is 7.89. The van der Waals surface area contributed by atoms with Crippen molar-refractivity contribution in [1.29, 1.82) is 0 Å². The first-order chi connectivity index (χ1) is 9.69. The van der Waals surface area contributed by atoms with E-state index in [2.05, 4.69) is 18.6 Å². The number of aromatic carboxylic acids is 1. The van der Waals surface area contributed by atoms with Crippen molar-refractivity contribution in [2.24, 2.45) is 5.92 Å². The Bertz CT molecular complexity index is 610. The molecule has 0 radical (unpaired) electrons. The van der Waals surface area contributed by atoms with Crippen LogP contribution in [-0.2, 0) is 10.0 Å². The zero-order chi connectivity index (χ0) is 16.2. The molecule has 2 atom stereocenters. The molecule has 0 saturated carbocycles. The van der Waals surface area contributed by atoms with Gasteiger partial charge in [0, 0.05) is 6.04 Å². The number of rotatable bonds is 7. The van der Waals surface area contributed by atoms with Crippen molar-refractivity contribution in [2.75, 3.05) is 0 Å². The van der Waals surface area contributed by atoms with E-state index in [-0.39, 0.29) is 22.1 Å². The topological polar surface area (TPSA) is 83.5 Å². The lowest BCUT2D eigenvalue weighted by Crippen LogP contribution is -2.34. The van der Waals surface area contributed by atoms with Crippen LogP contribution in [0, 0.1) is 12.8 Å². The lowest BCUT2D eigenvalue weighted by molar-refractivity contribution is 0.0696. The van der Waals surface area contributed by atoms with Crippen molar-refractivity contribution in [2.45, 2.75) is 51.5 Å². The molecule has 0 aliphatic rings. The van der Waals surface area contributed by atoms with E-state index in [1.807, 2.05) is 6.92 Å². The summed E-state index contributed by atoms with van der Waals surface area (Å²) < 4.78 is 27.4. The smallest absolute Gasteiger partial charge is 0.335 e. The molecule has 21 heavy (non-hydrogen) atoms. The Kier molecular flexibility index (Phi) is 5.92. The summed E-state index contributed by atoms with van der Waals surface area (Å²) >= 11 is 0. The predicted octanol–water partition coefficient (Wildman–Crippen LogP) is 2.80. The van der Waals surface area contributed by atoms with E-state index in [9.17, 15) is 13.2 Å². The molecule has 5 nitrogen and oxygen atoms in total. The third-order valence-electron chi connectivity index (χ3n) is 3.61. The van der Waals surface area contributed by atoms with E-state index in [1.165, 1.54) is 25.1 Å². The number of carbonyl (C=O) groups is 1. The van der Waals surface area contributed by atoms with E-state index in [4.69, 9.17) is 5.11 Å². The number of benzene rings is 1. The van der Waals surface area contributed by atoms with Crippen LogP contribution in [0.4, 0.5) is 0 Å². The molecule has 0 heterocycles. The van der Waals surface area contributed by atoms with Crippen LogP contribution in [-0.4, -0.2) is 25.5 Å². The first-order valence-electron chi connectivity index (χ1n) is 7.04. The van der Waals surface area contributed by atoms with E-state index in [1.54, 1.807) is 0 Å². The third kappa shape index (κ3) is 4.54. The molecule has 1 aromatic carbocycles. The predicted molar refractivity (Wildman–Crippen MR) is 82.0 cm³/mol. The molecule has 0 aliphatic carbocycles.